The average molecular weight is 381 g/mol. The highest BCUT2D eigenvalue weighted by molar-refractivity contribution is 6.37. The van der Waals surface area contributed by atoms with E-state index in [9.17, 15) is 5.11 Å². The van der Waals surface area contributed by atoms with E-state index in [1.165, 1.54) is 0 Å². The van der Waals surface area contributed by atoms with Gasteiger partial charge in [0.25, 0.3) is 0 Å². The average Bonchev–Trinajstić information content (AvgIpc) is 2.47. The molecule has 118 valence electrons. The highest BCUT2D eigenvalue weighted by Crippen LogP contribution is 2.39. The molecule has 0 aliphatic carbocycles. The Bertz CT molecular complexity index is 692. The lowest BCUT2D eigenvalue weighted by Crippen LogP contribution is -2.09. The number of hydrogen-bond donors (Lipinski definition) is 2. The number of phenolic OH excluding ortho intramolecular Hbond substituents is 1. The first-order valence-electron chi connectivity index (χ1n) is 6.45. The van der Waals surface area contributed by atoms with Gasteiger partial charge in [0.15, 0.2) is 12.5 Å². The van der Waals surface area contributed by atoms with Gasteiger partial charge in [-0.05, 0) is 36.2 Å². The van der Waals surface area contributed by atoms with Gasteiger partial charge in [0.2, 0.25) is 0 Å². The number of benzene rings is 2. The molecule has 3 nitrogen and oxygen atoms in total. The normalized spacial score (nSPS) is 10.6. The van der Waals surface area contributed by atoms with Crippen molar-refractivity contribution in [1.29, 1.82) is 0 Å². The van der Waals surface area contributed by atoms with Crippen LogP contribution in [0.2, 0.25) is 20.1 Å². The number of aromatic hydroxyl groups is 1. The summed E-state index contributed by atoms with van der Waals surface area (Å²) >= 11 is 24.0. The van der Waals surface area contributed by atoms with Crippen LogP contribution in [-0.2, 0) is 6.42 Å². The predicted octanol–water partition coefficient (Wildman–Crippen LogP) is 6.02. The maximum Gasteiger partial charge on any atom is 0.159 e. The molecule has 0 fully saturated rings. The second-order valence-corrected chi connectivity index (χ2v) is 6.07. The zero-order valence-electron chi connectivity index (χ0n) is 11.6. The summed E-state index contributed by atoms with van der Waals surface area (Å²) in [4.78, 5) is 0. The van der Waals surface area contributed by atoms with Crippen molar-refractivity contribution in [2.45, 2.75) is 13.3 Å². The van der Waals surface area contributed by atoms with Crippen molar-refractivity contribution in [3.8, 4) is 11.5 Å². The summed E-state index contributed by atoms with van der Waals surface area (Å²) in [6.07, 6.45) is 0.627. The van der Waals surface area contributed by atoms with Gasteiger partial charge in [-0.3, -0.25) is 0 Å². The standard InChI is InChI=1S/C15H13Cl4NO2/c1-2-9-10(17)6-12(15(21)14(9)19)20-7-22-13-4-3-8(16)5-11(13)18/h3-6,20-21H,2,7H2,1H3. The Hall–Kier alpha value is -1.00. The Morgan fingerprint density at radius 2 is 1.82 bits per heavy atom. The Morgan fingerprint density at radius 3 is 2.45 bits per heavy atom. The number of ether oxygens (including phenoxy) is 1. The molecule has 0 unspecified atom stereocenters. The van der Waals surface area contributed by atoms with Gasteiger partial charge >= 0.3 is 0 Å². The highest BCUT2D eigenvalue weighted by atomic mass is 35.5. The summed E-state index contributed by atoms with van der Waals surface area (Å²) in [6.45, 7) is 1.98. The Balaban J connectivity index is 2.09. The molecule has 2 N–H and O–H groups in total. The Labute approximate surface area is 148 Å². The fourth-order valence-corrected chi connectivity index (χ4v) is 3.08. The molecule has 0 spiro atoms. The number of hydrogen-bond acceptors (Lipinski definition) is 3. The molecule has 0 saturated heterocycles. The quantitative estimate of drug-likeness (QED) is 0.492. The molecule has 0 heterocycles. The van der Waals surface area contributed by atoms with Crippen LogP contribution in [0.3, 0.4) is 0 Å². The van der Waals surface area contributed by atoms with E-state index in [0.717, 1.165) is 0 Å². The van der Waals surface area contributed by atoms with Crippen LogP contribution in [0.5, 0.6) is 11.5 Å². The third-order valence-electron chi connectivity index (χ3n) is 3.03. The maximum atomic E-state index is 10.1. The predicted molar refractivity (Wildman–Crippen MR) is 93.1 cm³/mol. The molecule has 0 radical (unpaired) electrons. The van der Waals surface area contributed by atoms with Crippen molar-refractivity contribution >= 4 is 52.1 Å². The molecule has 2 aromatic carbocycles. The van der Waals surface area contributed by atoms with E-state index in [1.807, 2.05) is 6.92 Å². The first kappa shape index (κ1) is 17.4. The lowest BCUT2D eigenvalue weighted by Gasteiger charge is -2.14. The van der Waals surface area contributed by atoms with Crippen LogP contribution in [0.15, 0.2) is 24.3 Å². The van der Waals surface area contributed by atoms with Crippen molar-refractivity contribution in [2.75, 3.05) is 12.0 Å². The fourth-order valence-electron chi connectivity index (χ4n) is 1.89. The van der Waals surface area contributed by atoms with Crippen LogP contribution >= 0.6 is 46.4 Å². The van der Waals surface area contributed by atoms with Crippen molar-refractivity contribution in [3.05, 3.63) is 49.9 Å². The van der Waals surface area contributed by atoms with Crippen LogP contribution in [0.25, 0.3) is 0 Å². The molecule has 0 bridgehead atoms. The molecule has 22 heavy (non-hydrogen) atoms. The van der Waals surface area contributed by atoms with Crippen molar-refractivity contribution in [1.82, 2.24) is 0 Å². The summed E-state index contributed by atoms with van der Waals surface area (Å²) in [5, 5.41) is 14.6. The Kier molecular flexibility index (Phi) is 5.93. The molecule has 0 aromatic heterocycles. The van der Waals surface area contributed by atoms with Gasteiger partial charge in [0.05, 0.1) is 15.7 Å². The van der Waals surface area contributed by atoms with Crippen molar-refractivity contribution in [2.24, 2.45) is 0 Å². The maximum absolute atomic E-state index is 10.1. The first-order valence-corrected chi connectivity index (χ1v) is 7.96. The zero-order chi connectivity index (χ0) is 16.3. The lowest BCUT2D eigenvalue weighted by atomic mass is 10.1. The minimum absolute atomic E-state index is 0.0614. The molecule has 2 rings (SSSR count). The summed E-state index contributed by atoms with van der Waals surface area (Å²) in [6, 6.07) is 6.52. The van der Waals surface area contributed by atoms with Crippen LogP contribution < -0.4 is 10.1 Å². The number of anilines is 1. The molecule has 0 aliphatic rings. The van der Waals surface area contributed by atoms with Gasteiger partial charge < -0.3 is 15.2 Å². The monoisotopic (exact) mass is 379 g/mol. The number of rotatable bonds is 5. The molecule has 2 aromatic rings. The first-order chi connectivity index (χ1) is 10.4. The summed E-state index contributed by atoms with van der Waals surface area (Å²) < 4.78 is 5.49. The molecule has 0 saturated carbocycles. The van der Waals surface area contributed by atoms with E-state index in [2.05, 4.69) is 5.32 Å². The molecule has 0 atom stereocenters. The molecular formula is C15H13Cl4NO2. The second-order valence-electron chi connectivity index (χ2n) is 4.44. The van der Waals surface area contributed by atoms with Crippen molar-refractivity contribution < 1.29 is 9.84 Å². The van der Waals surface area contributed by atoms with Crippen LogP contribution in [0.4, 0.5) is 5.69 Å². The third-order valence-corrected chi connectivity index (χ3v) is 4.30. The van der Waals surface area contributed by atoms with E-state index in [4.69, 9.17) is 51.1 Å². The smallest absolute Gasteiger partial charge is 0.159 e. The van der Waals surface area contributed by atoms with Crippen LogP contribution in [0.1, 0.15) is 12.5 Å². The minimum Gasteiger partial charge on any atom is -0.504 e. The highest BCUT2D eigenvalue weighted by Gasteiger charge is 2.14. The van der Waals surface area contributed by atoms with Crippen LogP contribution in [-0.4, -0.2) is 11.8 Å². The second kappa shape index (κ2) is 7.51. The topological polar surface area (TPSA) is 41.5 Å². The summed E-state index contributed by atoms with van der Waals surface area (Å²) in [5.41, 5.74) is 1.09. The van der Waals surface area contributed by atoms with Gasteiger partial charge in [-0.15, -0.1) is 0 Å². The molecule has 7 heteroatoms. The van der Waals surface area contributed by atoms with Crippen molar-refractivity contribution in [3.63, 3.8) is 0 Å². The summed E-state index contributed by atoms with van der Waals surface area (Å²) in [5.74, 6) is 0.411. The van der Waals surface area contributed by atoms with Gasteiger partial charge in [0, 0.05) is 10.0 Å². The fraction of sp³-hybridized carbons (Fsp3) is 0.200. The lowest BCUT2D eigenvalue weighted by molar-refractivity contribution is 0.346. The number of nitrogens with one attached hydrogen (secondary N) is 1. The minimum atomic E-state index is -0.0614. The van der Waals surface area contributed by atoms with Gasteiger partial charge in [0.1, 0.15) is 5.75 Å². The van der Waals surface area contributed by atoms with E-state index < -0.39 is 0 Å². The van der Waals surface area contributed by atoms with E-state index in [1.54, 1.807) is 24.3 Å². The SMILES string of the molecule is CCc1c(Cl)cc(NCOc2ccc(Cl)cc2Cl)c(O)c1Cl. The largest absolute Gasteiger partial charge is 0.504 e. The molecular weight excluding hydrogens is 368 g/mol. The van der Waals surface area contributed by atoms with E-state index in [0.29, 0.717) is 38.5 Å². The molecule has 0 aliphatic heterocycles. The van der Waals surface area contributed by atoms with E-state index >= 15 is 0 Å². The number of phenols is 1. The Morgan fingerprint density at radius 1 is 1.09 bits per heavy atom. The van der Waals surface area contributed by atoms with E-state index in [-0.39, 0.29) is 17.5 Å². The van der Waals surface area contributed by atoms with Crippen LogP contribution in [0, 0.1) is 0 Å². The molecule has 0 amide bonds. The van der Waals surface area contributed by atoms with Gasteiger partial charge in [-0.2, -0.15) is 0 Å². The number of halogens is 4. The van der Waals surface area contributed by atoms with Gasteiger partial charge in [-0.25, -0.2) is 0 Å². The summed E-state index contributed by atoms with van der Waals surface area (Å²) in [7, 11) is 0. The third kappa shape index (κ3) is 3.85. The van der Waals surface area contributed by atoms with Gasteiger partial charge in [-0.1, -0.05) is 53.3 Å². The zero-order valence-corrected chi connectivity index (χ0v) is 14.6.